The van der Waals surface area contributed by atoms with Gasteiger partial charge in [-0.1, -0.05) is 126 Å². The molecular weight excluding hydrogens is 729 g/mol. The first-order valence-corrected chi connectivity index (χ1v) is 21.1. The van der Waals surface area contributed by atoms with Gasteiger partial charge in [0, 0.05) is 60.2 Å². The minimum atomic E-state index is 0.212. The Balaban J connectivity index is 1.08. The molecular formula is C56H40N4. The largest absolute Gasteiger partial charge is 0.334 e. The van der Waals surface area contributed by atoms with Crippen molar-refractivity contribution in [3.63, 3.8) is 0 Å². The molecule has 0 aliphatic heterocycles. The number of nitrogens with zero attached hydrogens (tertiary/aromatic N) is 4. The zero-order valence-electron chi connectivity index (χ0n) is 33.5. The van der Waals surface area contributed by atoms with Crippen LogP contribution in [0.25, 0.3) is 76.2 Å². The van der Waals surface area contributed by atoms with E-state index < -0.39 is 0 Å². The van der Waals surface area contributed by atoms with Crippen LogP contribution in [-0.4, -0.2) is 14.8 Å². The molecule has 1 unspecified atom stereocenters. The molecule has 0 saturated heterocycles. The number of aryl methyl sites for hydroxylation is 1. The molecule has 4 heterocycles. The molecule has 1 aliphatic carbocycles. The second kappa shape index (κ2) is 12.5. The molecule has 0 amide bonds. The van der Waals surface area contributed by atoms with Gasteiger partial charge in [0.1, 0.15) is 0 Å². The number of anilines is 5. The third-order valence-corrected chi connectivity index (χ3v) is 13.2. The van der Waals surface area contributed by atoms with E-state index in [1.54, 1.807) is 0 Å². The van der Waals surface area contributed by atoms with Crippen LogP contribution in [-0.2, 0) is 0 Å². The number of para-hydroxylation sites is 4. The lowest BCUT2D eigenvalue weighted by Gasteiger charge is -2.33. The minimum Gasteiger partial charge on any atom is -0.334 e. The topological polar surface area (TPSA) is 15.3 Å². The second-order valence-corrected chi connectivity index (χ2v) is 16.6. The average molecular weight is 769 g/mol. The molecule has 60 heavy (non-hydrogen) atoms. The van der Waals surface area contributed by atoms with Crippen LogP contribution in [0.2, 0.25) is 0 Å². The maximum absolute atomic E-state index is 2.55. The molecule has 0 radical (unpaired) electrons. The summed E-state index contributed by atoms with van der Waals surface area (Å²) in [5, 5.41) is 10.2. The summed E-state index contributed by atoms with van der Waals surface area (Å²) < 4.78 is 5.08. The maximum atomic E-state index is 2.55. The van der Waals surface area contributed by atoms with E-state index in [-0.39, 0.29) is 6.04 Å². The van der Waals surface area contributed by atoms with Crippen molar-refractivity contribution in [2.75, 3.05) is 9.80 Å². The van der Waals surface area contributed by atoms with Crippen molar-refractivity contribution in [1.29, 1.82) is 0 Å². The van der Waals surface area contributed by atoms with Crippen LogP contribution in [0.15, 0.2) is 194 Å². The highest BCUT2D eigenvalue weighted by atomic mass is 15.2. The zero-order chi connectivity index (χ0) is 39.6. The third kappa shape index (κ3) is 4.56. The number of hydrogen-bond acceptors (Lipinski definition) is 2. The van der Waals surface area contributed by atoms with Gasteiger partial charge in [-0.05, 0) is 93.1 Å². The molecule has 0 N–H and O–H groups in total. The van der Waals surface area contributed by atoms with Crippen LogP contribution in [0.4, 0.5) is 28.4 Å². The number of allylic oxidation sites excluding steroid dienone is 2. The number of aromatic nitrogens is 2. The van der Waals surface area contributed by atoms with Crippen LogP contribution < -0.4 is 9.80 Å². The molecule has 0 fully saturated rings. The van der Waals surface area contributed by atoms with Crippen molar-refractivity contribution in [3.05, 3.63) is 199 Å². The van der Waals surface area contributed by atoms with Gasteiger partial charge in [-0.15, -0.1) is 0 Å². The van der Waals surface area contributed by atoms with Gasteiger partial charge >= 0.3 is 0 Å². The Morgan fingerprint density at radius 3 is 1.55 bits per heavy atom. The van der Waals surface area contributed by atoms with Crippen molar-refractivity contribution in [2.24, 2.45) is 0 Å². The first kappa shape index (κ1) is 33.4. The Morgan fingerprint density at radius 2 is 0.967 bits per heavy atom. The van der Waals surface area contributed by atoms with E-state index in [0.717, 1.165) is 17.8 Å². The molecule has 4 heteroatoms. The second-order valence-electron chi connectivity index (χ2n) is 16.6. The van der Waals surface area contributed by atoms with Gasteiger partial charge in [0.15, 0.2) is 0 Å². The summed E-state index contributed by atoms with van der Waals surface area (Å²) in [5.41, 5.74) is 16.0. The predicted octanol–water partition coefficient (Wildman–Crippen LogP) is 15.2. The summed E-state index contributed by atoms with van der Waals surface area (Å²) in [6, 6.07) is 63.2. The Kier molecular flexibility index (Phi) is 6.95. The standard InChI is InChI=1S/C56H40N4/c1-35-25-29-39(30-26-35)57(37-13-5-3-6-14-37)47-21-11-23-49-53(47)43-19-9-17-41-45-34-52-46(33-51(45)59(49)55(41)43)42-18-10-20-44-54-48(22-12-24-50(54)60(52)56(42)44)58(38-15-7-4-8-16-38)40-31-27-36(2)28-32-40/h3-31,33-34,40H,32H2,1-2H3. The molecule has 1 atom stereocenters. The summed E-state index contributed by atoms with van der Waals surface area (Å²) in [4.78, 5) is 4.96. The maximum Gasteiger partial charge on any atom is 0.0621 e. The molecule has 4 nitrogen and oxygen atoms in total. The van der Waals surface area contributed by atoms with E-state index in [0.29, 0.717) is 0 Å². The van der Waals surface area contributed by atoms with Crippen LogP contribution in [0, 0.1) is 6.92 Å². The van der Waals surface area contributed by atoms with Gasteiger partial charge in [-0.2, -0.15) is 0 Å². The van der Waals surface area contributed by atoms with E-state index in [9.17, 15) is 0 Å². The number of fused-ring (bicyclic) bond motifs is 12. The fraction of sp³-hybridized carbons (Fsp3) is 0.0714. The highest BCUT2D eigenvalue weighted by molar-refractivity contribution is 6.31. The fourth-order valence-electron chi connectivity index (χ4n) is 10.6. The molecule has 4 aromatic heterocycles. The van der Waals surface area contributed by atoms with Gasteiger partial charge < -0.3 is 18.6 Å². The van der Waals surface area contributed by atoms with Gasteiger partial charge in [0.05, 0.1) is 50.5 Å². The summed E-state index contributed by atoms with van der Waals surface area (Å²) in [6.07, 6.45) is 7.98. The zero-order valence-corrected chi connectivity index (χ0v) is 33.5. The van der Waals surface area contributed by atoms with Crippen molar-refractivity contribution in [2.45, 2.75) is 26.3 Å². The lowest BCUT2D eigenvalue weighted by molar-refractivity contribution is 0.782. The number of rotatable bonds is 6. The summed E-state index contributed by atoms with van der Waals surface area (Å²) in [7, 11) is 0. The van der Waals surface area contributed by atoms with Crippen molar-refractivity contribution < 1.29 is 0 Å². The Morgan fingerprint density at radius 1 is 0.450 bits per heavy atom. The summed E-state index contributed by atoms with van der Waals surface area (Å²) >= 11 is 0. The van der Waals surface area contributed by atoms with E-state index >= 15 is 0 Å². The fourth-order valence-corrected chi connectivity index (χ4v) is 10.6. The van der Waals surface area contributed by atoms with Crippen LogP contribution in [0.1, 0.15) is 18.9 Å². The lowest BCUT2D eigenvalue weighted by Crippen LogP contribution is -2.30. The van der Waals surface area contributed by atoms with Crippen molar-refractivity contribution in [1.82, 2.24) is 8.80 Å². The molecule has 0 saturated carbocycles. The SMILES string of the molecule is CC1=CCC(N(c2ccccc2)c2cccc3c2c2cccc4c5cc6c(cc5n3c42)c2cccc3c4c(N(c5ccccc5)c5ccc(C)cc5)cccc4n6c23)C=C1. The highest BCUT2D eigenvalue weighted by Crippen LogP contribution is 2.49. The molecule has 12 aromatic rings. The van der Waals surface area contributed by atoms with E-state index in [4.69, 9.17) is 0 Å². The van der Waals surface area contributed by atoms with Gasteiger partial charge in [-0.3, -0.25) is 0 Å². The monoisotopic (exact) mass is 768 g/mol. The molecule has 284 valence electrons. The quantitative estimate of drug-likeness (QED) is 0.167. The summed E-state index contributed by atoms with van der Waals surface area (Å²) in [6.45, 7) is 4.34. The Bertz CT molecular complexity index is 3700. The minimum absolute atomic E-state index is 0.212. The van der Waals surface area contributed by atoms with E-state index in [1.807, 2.05) is 0 Å². The molecule has 13 rings (SSSR count). The van der Waals surface area contributed by atoms with Gasteiger partial charge in [0.25, 0.3) is 0 Å². The summed E-state index contributed by atoms with van der Waals surface area (Å²) in [5.74, 6) is 0. The first-order valence-electron chi connectivity index (χ1n) is 21.1. The van der Waals surface area contributed by atoms with Crippen LogP contribution >= 0.6 is 0 Å². The molecule has 0 bridgehead atoms. The van der Waals surface area contributed by atoms with E-state index in [2.05, 4.69) is 221 Å². The molecule has 0 spiro atoms. The van der Waals surface area contributed by atoms with Crippen LogP contribution in [0.5, 0.6) is 0 Å². The first-order chi connectivity index (χ1) is 29.6. The molecule has 1 aliphatic rings. The number of hydrogen-bond donors (Lipinski definition) is 0. The van der Waals surface area contributed by atoms with Crippen LogP contribution in [0.3, 0.4) is 0 Å². The third-order valence-electron chi connectivity index (χ3n) is 13.2. The Hall–Kier alpha value is -7.56. The predicted molar refractivity (Wildman–Crippen MR) is 255 cm³/mol. The molecule has 8 aromatic carbocycles. The van der Waals surface area contributed by atoms with Crippen molar-refractivity contribution in [3.8, 4) is 0 Å². The van der Waals surface area contributed by atoms with Gasteiger partial charge in [-0.25, -0.2) is 0 Å². The van der Waals surface area contributed by atoms with Gasteiger partial charge in [0.2, 0.25) is 0 Å². The average Bonchev–Trinajstić information content (AvgIpc) is 4.02. The highest BCUT2D eigenvalue weighted by Gasteiger charge is 2.28. The van der Waals surface area contributed by atoms with E-state index in [1.165, 1.54) is 104 Å². The smallest absolute Gasteiger partial charge is 0.0621 e. The van der Waals surface area contributed by atoms with Crippen molar-refractivity contribution >= 4 is 105 Å². The normalized spacial score (nSPS) is 14.6. The lowest BCUT2D eigenvalue weighted by atomic mass is 9.99. The number of benzene rings is 8. The Labute approximate surface area is 347 Å².